The van der Waals surface area contributed by atoms with E-state index in [0.29, 0.717) is 12.4 Å². The molecule has 0 saturated carbocycles. The van der Waals surface area contributed by atoms with E-state index in [1.54, 1.807) is 25.3 Å². The van der Waals surface area contributed by atoms with Crippen LogP contribution in [-0.4, -0.2) is 18.2 Å². The number of allylic oxidation sites excluding steroid dienone is 1. The molecule has 0 bridgehead atoms. The molecule has 1 N–H and O–H groups in total. The Morgan fingerprint density at radius 2 is 1.55 bits per heavy atom. The fourth-order valence-electron chi connectivity index (χ4n) is 2.75. The lowest BCUT2D eigenvalue weighted by atomic mass is 10.1. The van der Waals surface area contributed by atoms with Gasteiger partial charge in [-0.05, 0) is 54.8 Å². The Labute approximate surface area is 183 Å². The molecule has 5 nitrogen and oxygen atoms in total. The van der Waals surface area contributed by atoms with Crippen LogP contribution in [0.4, 0.5) is 0 Å². The number of hydrogen-bond donors (Lipinski definition) is 1. The van der Waals surface area contributed by atoms with Crippen molar-refractivity contribution in [1.29, 1.82) is 0 Å². The minimum Gasteiger partial charge on any atom is -0.489 e. The molecule has 0 fully saturated rings. The Morgan fingerprint density at radius 3 is 2.23 bits per heavy atom. The van der Waals surface area contributed by atoms with Gasteiger partial charge in [-0.3, -0.25) is 4.79 Å². The minimum atomic E-state index is -0.688. The maximum atomic E-state index is 12.2. The first kappa shape index (κ1) is 21.8. The van der Waals surface area contributed by atoms with E-state index in [2.05, 4.69) is 10.5 Å². The van der Waals surface area contributed by atoms with E-state index in [9.17, 15) is 4.79 Å². The zero-order valence-corrected chi connectivity index (χ0v) is 17.7. The summed E-state index contributed by atoms with van der Waals surface area (Å²) in [4.78, 5) is 12.2. The molecule has 1 amide bonds. The summed E-state index contributed by atoms with van der Waals surface area (Å²) in [6.45, 7) is 4.09. The van der Waals surface area contributed by atoms with Gasteiger partial charge < -0.3 is 9.47 Å². The van der Waals surface area contributed by atoms with Gasteiger partial charge in [-0.15, -0.1) is 0 Å². The highest BCUT2D eigenvalue weighted by atomic mass is 16.5. The van der Waals surface area contributed by atoms with Crippen LogP contribution in [0.2, 0.25) is 0 Å². The smallest absolute Gasteiger partial charge is 0.280 e. The molecule has 158 valence electrons. The summed E-state index contributed by atoms with van der Waals surface area (Å²) in [7, 11) is 0. The highest BCUT2D eigenvalue weighted by molar-refractivity contribution is 5.87. The Morgan fingerprint density at radius 1 is 0.935 bits per heavy atom. The fraction of sp³-hybridized carbons (Fsp3) is 0.154. The van der Waals surface area contributed by atoms with Crippen molar-refractivity contribution < 1.29 is 14.3 Å². The summed E-state index contributed by atoms with van der Waals surface area (Å²) in [5, 5.41) is 4.00. The first-order chi connectivity index (χ1) is 15.1. The van der Waals surface area contributed by atoms with Gasteiger partial charge in [-0.2, -0.15) is 5.10 Å². The summed E-state index contributed by atoms with van der Waals surface area (Å²) >= 11 is 0. The minimum absolute atomic E-state index is 0.326. The van der Waals surface area contributed by atoms with Gasteiger partial charge in [-0.1, -0.05) is 66.7 Å². The number of nitrogens with zero attached hydrogens (tertiary/aromatic N) is 1. The van der Waals surface area contributed by atoms with Gasteiger partial charge in [0.15, 0.2) is 6.10 Å². The van der Waals surface area contributed by atoms with E-state index in [4.69, 9.17) is 9.47 Å². The third-order valence-electron chi connectivity index (χ3n) is 4.39. The molecule has 0 unspecified atom stereocenters. The summed E-state index contributed by atoms with van der Waals surface area (Å²) in [5.74, 6) is 0.991. The van der Waals surface area contributed by atoms with Crippen LogP contribution in [0, 0.1) is 0 Å². The highest BCUT2D eigenvalue weighted by Gasteiger charge is 2.13. The van der Waals surface area contributed by atoms with E-state index < -0.39 is 6.10 Å². The number of ether oxygens (including phenoxy) is 2. The summed E-state index contributed by atoms with van der Waals surface area (Å²) in [5.41, 5.74) is 5.61. The van der Waals surface area contributed by atoms with Crippen molar-refractivity contribution in [2.24, 2.45) is 5.10 Å². The second-order valence-corrected chi connectivity index (χ2v) is 7.04. The molecular weight excluding hydrogens is 388 g/mol. The van der Waals surface area contributed by atoms with Crippen molar-refractivity contribution in [3.05, 3.63) is 102 Å². The van der Waals surface area contributed by atoms with Gasteiger partial charge in [0.25, 0.3) is 5.91 Å². The first-order valence-corrected chi connectivity index (χ1v) is 10.1. The quantitative estimate of drug-likeness (QED) is 0.385. The van der Waals surface area contributed by atoms with Crippen LogP contribution in [0.15, 0.2) is 95.6 Å². The number of carbonyl (C=O) groups is 1. The topological polar surface area (TPSA) is 59.9 Å². The molecule has 0 saturated heterocycles. The Hall–Kier alpha value is -3.86. The maximum absolute atomic E-state index is 12.2. The van der Waals surface area contributed by atoms with Gasteiger partial charge in [-0.25, -0.2) is 5.43 Å². The number of nitrogens with one attached hydrogen (secondary N) is 1. The SMILES string of the molecule is CC(/C=N\NC(=O)[C@@H](C)Oc1ccc(OCc2ccccc2)cc1)=C/c1ccccc1. The molecule has 0 radical (unpaired) electrons. The van der Waals surface area contributed by atoms with E-state index in [1.165, 1.54) is 0 Å². The van der Waals surface area contributed by atoms with Gasteiger partial charge in [0, 0.05) is 0 Å². The molecule has 3 aromatic rings. The number of benzene rings is 3. The predicted molar refractivity (Wildman–Crippen MR) is 124 cm³/mol. The van der Waals surface area contributed by atoms with Crippen LogP contribution in [0.25, 0.3) is 6.08 Å². The molecule has 0 aromatic heterocycles. The lowest BCUT2D eigenvalue weighted by Crippen LogP contribution is -2.33. The predicted octanol–water partition coefficient (Wildman–Crippen LogP) is 5.24. The van der Waals surface area contributed by atoms with Gasteiger partial charge in [0.2, 0.25) is 0 Å². The highest BCUT2D eigenvalue weighted by Crippen LogP contribution is 2.19. The third kappa shape index (κ3) is 7.48. The van der Waals surface area contributed by atoms with E-state index in [-0.39, 0.29) is 5.91 Å². The molecule has 1 atom stereocenters. The standard InChI is InChI=1S/C26H26N2O3/c1-20(17-22-9-5-3-6-10-22)18-27-28-26(29)21(2)31-25-15-13-24(14-16-25)30-19-23-11-7-4-8-12-23/h3-18,21H,19H2,1-2H3,(H,28,29)/b20-17-,27-18-/t21-/m1/s1. The van der Waals surface area contributed by atoms with Crippen LogP contribution in [0.3, 0.4) is 0 Å². The van der Waals surface area contributed by atoms with Crippen LogP contribution >= 0.6 is 0 Å². The van der Waals surface area contributed by atoms with E-state index >= 15 is 0 Å². The van der Waals surface area contributed by atoms with Crippen molar-refractivity contribution in [2.45, 2.75) is 26.6 Å². The lowest BCUT2D eigenvalue weighted by molar-refractivity contribution is -0.127. The molecular formula is C26H26N2O3. The van der Waals surface area contributed by atoms with Crippen LogP contribution in [0.1, 0.15) is 25.0 Å². The average molecular weight is 415 g/mol. The molecule has 3 aromatic carbocycles. The molecule has 3 rings (SSSR count). The Kier molecular flexibility index (Phi) is 8.00. The van der Waals surface area contributed by atoms with Crippen LogP contribution < -0.4 is 14.9 Å². The summed E-state index contributed by atoms with van der Waals surface area (Å²) in [6.07, 6.45) is 2.90. The fourth-order valence-corrected chi connectivity index (χ4v) is 2.75. The van der Waals surface area contributed by atoms with Crippen molar-refractivity contribution in [3.63, 3.8) is 0 Å². The van der Waals surface area contributed by atoms with Crippen molar-refractivity contribution >= 4 is 18.2 Å². The van der Waals surface area contributed by atoms with Gasteiger partial charge in [0.05, 0.1) is 6.21 Å². The lowest BCUT2D eigenvalue weighted by Gasteiger charge is -2.13. The number of amides is 1. The molecule has 0 aliphatic rings. The zero-order chi connectivity index (χ0) is 21.9. The van der Waals surface area contributed by atoms with Crippen LogP contribution in [0.5, 0.6) is 11.5 Å². The monoisotopic (exact) mass is 414 g/mol. The van der Waals surface area contributed by atoms with Crippen molar-refractivity contribution in [2.75, 3.05) is 0 Å². The number of hydrogen-bond acceptors (Lipinski definition) is 4. The normalized spacial score (nSPS) is 12.4. The molecule has 0 aliphatic heterocycles. The Balaban J connectivity index is 1.45. The zero-order valence-electron chi connectivity index (χ0n) is 17.7. The molecule has 5 heteroatoms. The third-order valence-corrected chi connectivity index (χ3v) is 4.39. The number of carbonyl (C=O) groups excluding carboxylic acids is 1. The van der Waals surface area contributed by atoms with E-state index in [0.717, 1.165) is 22.4 Å². The van der Waals surface area contributed by atoms with Gasteiger partial charge >= 0.3 is 0 Å². The second kappa shape index (κ2) is 11.4. The largest absolute Gasteiger partial charge is 0.489 e. The van der Waals surface area contributed by atoms with E-state index in [1.807, 2.05) is 85.8 Å². The summed E-state index contributed by atoms with van der Waals surface area (Å²) in [6, 6.07) is 27.1. The number of hydrazone groups is 1. The first-order valence-electron chi connectivity index (χ1n) is 10.1. The second-order valence-electron chi connectivity index (χ2n) is 7.04. The molecule has 31 heavy (non-hydrogen) atoms. The molecule has 0 heterocycles. The van der Waals surface area contributed by atoms with Crippen LogP contribution in [-0.2, 0) is 11.4 Å². The van der Waals surface area contributed by atoms with Gasteiger partial charge in [0.1, 0.15) is 18.1 Å². The molecule has 0 spiro atoms. The van der Waals surface area contributed by atoms with Crippen molar-refractivity contribution in [3.8, 4) is 11.5 Å². The number of rotatable bonds is 9. The average Bonchev–Trinajstić information content (AvgIpc) is 2.80. The van der Waals surface area contributed by atoms with Crippen molar-refractivity contribution in [1.82, 2.24) is 5.43 Å². The maximum Gasteiger partial charge on any atom is 0.280 e. The Bertz CT molecular complexity index is 1010. The molecule has 0 aliphatic carbocycles. The summed E-state index contributed by atoms with van der Waals surface area (Å²) < 4.78 is 11.4.